The number of aromatic nitrogens is 2. The minimum atomic E-state index is -3.63. The Morgan fingerprint density at radius 3 is 2.58 bits per heavy atom. The molecule has 0 amide bonds. The van der Waals surface area contributed by atoms with Crippen LogP contribution in [0.1, 0.15) is 17.3 Å². The highest BCUT2D eigenvalue weighted by molar-refractivity contribution is 7.89. The van der Waals surface area contributed by atoms with Gasteiger partial charge in [0.1, 0.15) is 4.90 Å². The molecule has 19 heavy (non-hydrogen) atoms. The van der Waals surface area contributed by atoms with Crippen LogP contribution in [0.3, 0.4) is 0 Å². The van der Waals surface area contributed by atoms with Gasteiger partial charge in [-0.1, -0.05) is 30.3 Å². The third-order valence-electron chi connectivity index (χ3n) is 2.81. The monoisotopic (exact) mass is 280 g/mol. The molecule has 0 radical (unpaired) electrons. The Labute approximate surface area is 112 Å². The van der Waals surface area contributed by atoms with E-state index in [1.807, 2.05) is 30.3 Å². The lowest BCUT2D eigenvalue weighted by atomic mass is 10.1. The van der Waals surface area contributed by atoms with E-state index in [-0.39, 0.29) is 11.4 Å². The maximum absolute atomic E-state index is 12.2. The van der Waals surface area contributed by atoms with Crippen LogP contribution < -0.4 is 10.5 Å². The van der Waals surface area contributed by atoms with Crippen LogP contribution in [0.15, 0.2) is 41.4 Å². The summed E-state index contributed by atoms with van der Waals surface area (Å²) in [6.45, 7) is 1.83. The second-order valence-corrected chi connectivity index (χ2v) is 5.86. The molecule has 1 aromatic heterocycles. The first-order valence-corrected chi connectivity index (χ1v) is 7.30. The number of benzene rings is 1. The Kier molecular flexibility index (Phi) is 3.98. The molecule has 0 aliphatic heterocycles. The van der Waals surface area contributed by atoms with E-state index in [9.17, 15) is 8.42 Å². The summed E-state index contributed by atoms with van der Waals surface area (Å²) in [6, 6.07) is 8.77. The molecule has 1 heterocycles. The van der Waals surface area contributed by atoms with Crippen LogP contribution >= 0.6 is 0 Å². The number of nitrogens with one attached hydrogen (secondary N) is 2. The van der Waals surface area contributed by atoms with Crippen LogP contribution in [0.5, 0.6) is 0 Å². The van der Waals surface area contributed by atoms with E-state index in [2.05, 4.69) is 14.9 Å². The normalized spacial score (nSPS) is 13.4. The van der Waals surface area contributed by atoms with Gasteiger partial charge < -0.3 is 5.73 Å². The average Bonchev–Trinajstić information content (AvgIpc) is 2.84. The number of nitrogens with two attached hydrogens (primary N) is 1. The quantitative estimate of drug-likeness (QED) is 0.750. The van der Waals surface area contributed by atoms with Crippen LogP contribution in [0.4, 0.5) is 0 Å². The lowest BCUT2D eigenvalue weighted by molar-refractivity contribution is 0.558. The van der Waals surface area contributed by atoms with E-state index in [1.165, 1.54) is 6.20 Å². The lowest BCUT2D eigenvalue weighted by Gasteiger charge is -2.17. The summed E-state index contributed by atoms with van der Waals surface area (Å²) in [5, 5.41) is 6.32. The molecule has 0 saturated heterocycles. The predicted molar refractivity (Wildman–Crippen MR) is 71.9 cm³/mol. The van der Waals surface area contributed by atoms with Crippen LogP contribution in [-0.2, 0) is 10.0 Å². The molecule has 0 fully saturated rings. The number of aryl methyl sites for hydroxylation is 1. The van der Waals surface area contributed by atoms with E-state index in [0.717, 1.165) is 5.56 Å². The highest BCUT2D eigenvalue weighted by atomic mass is 32.2. The zero-order valence-electron chi connectivity index (χ0n) is 10.5. The molecule has 2 rings (SSSR count). The van der Waals surface area contributed by atoms with Gasteiger partial charge in [-0.3, -0.25) is 5.10 Å². The first-order chi connectivity index (χ1) is 9.04. The maximum Gasteiger partial charge on any atom is 0.244 e. The zero-order chi connectivity index (χ0) is 13.9. The van der Waals surface area contributed by atoms with Crippen molar-refractivity contribution in [3.63, 3.8) is 0 Å². The van der Waals surface area contributed by atoms with Crippen LogP contribution in [0.25, 0.3) is 0 Å². The van der Waals surface area contributed by atoms with Gasteiger partial charge in [0.25, 0.3) is 0 Å². The first kappa shape index (κ1) is 13.7. The highest BCUT2D eigenvalue weighted by Crippen LogP contribution is 2.17. The molecule has 0 aliphatic carbocycles. The molecule has 0 spiro atoms. The van der Waals surface area contributed by atoms with Crippen molar-refractivity contribution in [2.45, 2.75) is 17.9 Å². The molecule has 1 atom stereocenters. The Morgan fingerprint density at radius 1 is 1.37 bits per heavy atom. The molecule has 0 bridgehead atoms. The number of H-pyrrole nitrogens is 1. The van der Waals surface area contributed by atoms with Gasteiger partial charge >= 0.3 is 0 Å². The van der Waals surface area contributed by atoms with Gasteiger partial charge in [0, 0.05) is 6.54 Å². The number of hydrogen-bond donors (Lipinski definition) is 3. The summed E-state index contributed by atoms with van der Waals surface area (Å²) >= 11 is 0. The molecule has 6 nitrogen and oxygen atoms in total. The Hall–Kier alpha value is -1.70. The van der Waals surface area contributed by atoms with Crippen molar-refractivity contribution in [2.75, 3.05) is 6.54 Å². The van der Waals surface area contributed by atoms with Crippen LogP contribution in [-0.4, -0.2) is 25.2 Å². The molecule has 1 unspecified atom stereocenters. The minimum Gasteiger partial charge on any atom is -0.329 e. The third-order valence-corrected chi connectivity index (χ3v) is 4.39. The summed E-state index contributed by atoms with van der Waals surface area (Å²) in [5.74, 6) is 0. The molecule has 4 N–H and O–H groups in total. The van der Waals surface area contributed by atoms with Crippen molar-refractivity contribution < 1.29 is 8.42 Å². The molecule has 102 valence electrons. The Balaban J connectivity index is 2.27. The van der Waals surface area contributed by atoms with E-state index >= 15 is 0 Å². The topological polar surface area (TPSA) is 101 Å². The number of sulfonamides is 1. The van der Waals surface area contributed by atoms with Crippen molar-refractivity contribution in [3.05, 3.63) is 47.8 Å². The SMILES string of the molecule is Cc1[nH]ncc1S(=O)(=O)NC(CN)c1ccccc1. The van der Waals surface area contributed by atoms with Crippen molar-refractivity contribution in [1.82, 2.24) is 14.9 Å². The number of nitrogens with zero attached hydrogens (tertiary/aromatic N) is 1. The zero-order valence-corrected chi connectivity index (χ0v) is 11.3. The van der Waals surface area contributed by atoms with Gasteiger partial charge in [-0.15, -0.1) is 0 Å². The fraction of sp³-hybridized carbons (Fsp3) is 0.250. The molecule has 2 aromatic rings. The molecule has 1 aromatic carbocycles. The molecular weight excluding hydrogens is 264 g/mol. The number of hydrogen-bond acceptors (Lipinski definition) is 4. The molecular formula is C12H16N4O2S. The second-order valence-electron chi connectivity index (χ2n) is 4.18. The third kappa shape index (κ3) is 3.01. The van der Waals surface area contributed by atoms with Crippen molar-refractivity contribution in [3.8, 4) is 0 Å². The summed E-state index contributed by atoms with van der Waals surface area (Å²) in [4.78, 5) is 0.141. The van der Waals surface area contributed by atoms with Crippen LogP contribution in [0, 0.1) is 6.92 Å². The van der Waals surface area contributed by atoms with E-state index in [1.54, 1.807) is 6.92 Å². The average molecular weight is 280 g/mol. The largest absolute Gasteiger partial charge is 0.329 e. The van der Waals surface area contributed by atoms with E-state index < -0.39 is 16.1 Å². The molecule has 7 heteroatoms. The van der Waals surface area contributed by atoms with Gasteiger partial charge in [0.05, 0.1) is 17.9 Å². The molecule has 0 saturated carbocycles. The van der Waals surface area contributed by atoms with Crippen molar-refractivity contribution in [1.29, 1.82) is 0 Å². The van der Waals surface area contributed by atoms with Gasteiger partial charge in [-0.05, 0) is 12.5 Å². The maximum atomic E-state index is 12.2. The van der Waals surface area contributed by atoms with E-state index in [0.29, 0.717) is 5.69 Å². The van der Waals surface area contributed by atoms with Crippen molar-refractivity contribution >= 4 is 10.0 Å². The van der Waals surface area contributed by atoms with Gasteiger partial charge in [0.2, 0.25) is 10.0 Å². The highest BCUT2D eigenvalue weighted by Gasteiger charge is 2.23. The number of aromatic amines is 1. The summed E-state index contributed by atoms with van der Waals surface area (Å²) < 4.78 is 27.0. The van der Waals surface area contributed by atoms with Crippen LogP contribution in [0.2, 0.25) is 0 Å². The van der Waals surface area contributed by atoms with Crippen molar-refractivity contribution in [2.24, 2.45) is 5.73 Å². The molecule has 0 aliphatic rings. The summed E-state index contributed by atoms with van der Waals surface area (Å²) in [7, 11) is -3.63. The Morgan fingerprint density at radius 2 is 2.05 bits per heavy atom. The smallest absolute Gasteiger partial charge is 0.244 e. The van der Waals surface area contributed by atoms with Gasteiger partial charge in [-0.25, -0.2) is 13.1 Å². The minimum absolute atomic E-state index is 0.141. The fourth-order valence-electron chi connectivity index (χ4n) is 1.80. The Bertz CT molecular complexity index is 637. The lowest BCUT2D eigenvalue weighted by Crippen LogP contribution is -2.33. The first-order valence-electron chi connectivity index (χ1n) is 5.82. The number of rotatable bonds is 5. The van der Waals surface area contributed by atoms with Gasteiger partial charge in [-0.2, -0.15) is 5.10 Å². The second kappa shape index (κ2) is 5.52. The van der Waals surface area contributed by atoms with Gasteiger partial charge in [0.15, 0.2) is 0 Å². The fourth-order valence-corrected chi connectivity index (χ4v) is 3.17. The summed E-state index contributed by atoms with van der Waals surface area (Å²) in [6.07, 6.45) is 1.29. The standard InChI is InChI=1S/C12H16N4O2S/c1-9-12(8-14-15-9)19(17,18)16-11(7-13)10-5-3-2-4-6-10/h2-6,8,11,16H,7,13H2,1H3,(H,14,15). The predicted octanol–water partition coefficient (Wildman–Crippen LogP) is 0.696. The van der Waals surface area contributed by atoms with E-state index in [4.69, 9.17) is 5.73 Å². The summed E-state index contributed by atoms with van der Waals surface area (Å²) in [5.41, 5.74) is 6.98.